The van der Waals surface area contributed by atoms with Gasteiger partial charge in [-0.2, -0.15) is 0 Å². The number of nitrogens with one attached hydrogen (secondary N) is 1. The van der Waals surface area contributed by atoms with Crippen molar-refractivity contribution < 1.29 is 9.47 Å². The second kappa shape index (κ2) is 9.97. The van der Waals surface area contributed by atoms with Gasteiger partial charge >= 0.3 is 0 Å². The Morgan fingerprint density at radius 1 is 1.07 bits per heavy atom. The summed E-state index contributed by atoms with van der Waals surface area (Å²) in [7, 11) is 3.36. The number of anilines is 1. The standard InChI is InChI=1S/C24H32N2O2S/c1-17(2)18-12-14-20(15-13-18)25-24(29)26(21-9-5-6-10-21)16-19-8-7-11-22(27-3)23(19)28-4/h7-8,11-15,17,21H,5-6,9-10,16H2,1-4H3,(H,25,29). The van der Waals surface area contributed by atoms with Gasteiger partial charge in [-0.25, -0.2) is 0 Å². The fourth-order valence-electron chi connectivity index (χ4n) is 3.99. The minimum absolute atomic E-state index is 0.445. The van der Waals surface area contributed by atoms with Gasteiger partial charge in [-0.15, -0.1) is 0 Å². The molecule has 0 heterocycles. The number of rotatable bonds is 7. The number of hydrogen-bond acceptors (Lipinski definition) is 3. The summed E-state index contributed by atoms with van der Waals surface area (Å²) in [6.07, 6.45) is 4.84. The second-order valence-corrected chi connectivity index (χ2v) is 8.31. The predicted octanol–water partition coefficient (Wildman–Crippen LogP) is 5.97. The summed E-state index contributed by atoms with van der Waals surface area (Å²) in [5, 5.41) is 4.22. The van der Waals surface area contributed by atoms with Crippen LogP contribution in [0.1, 0.15) is 56.6 Å². The molecule has 0 amide bonds. The molecule has 0 bridgehead atoms. The van der Waals surface area contributed by atoms with E-state index in [0.29, 0.717) is 18.5 Å². The molecule has 1 N–H and O–H groups in total. The van der Waals surface area contributed by atoms with Gasteiger partial charge in [0.2, 0.25) is 0 Å². The normalized spacial score (nSPS) is 14.1. The third-order valence-corrected chi connectivity index (χ3v) is 6.02. The lowest BCUT2D eigenvalue weighted by Gasteiger charge is -2.32. The lowest BCUT2D eigenvalue weighted by Crippen LogP contribution is -2.41. The Balaban J connectivity index is 1.81. The zero-order chi connectivity index (χ0) is 20.8. The molecule has 2 aromatic rings. The molecule has 1 fully saturated rings. The molecule has 2 aromatic carbocycles. The highest BCUT2D eigenvalue weighted by molar-refractivity contribution is 7.80. The number of benzene rings is 2. The Bertz CT molecular complexity index is 814. The van der Waals surface area contributed by atoms with Gasteiger partial charge in [-0.05, 0) is 54.7 Å². The van der Waals surface area contributed by atoms with Crippen molar-refractivity contribution in [2.45, 2.75) is 58.0 Å². The van der Waals surface area contributed by atoms with Crippen molar-refractivity contribution in [3.8, 4) is 11.5 Å². The van der Waals surface area contributed by atoms with Crippen molar-refractivity contribution in [3.05, 3.63) is 53.6 Å². The molecular formula is C24H32N2O2S. The first-order valence-electron chi connectivity index (χ1n) is 10.4. The molecule has 4 nitrogen and oxygen atoms in total. The van der Waals surface area contributed by atoms with Gasteiger partial charge in [0.25, 0.3) is 0 Å². The van der Waals surface area contributed by atoms with Crippen LogP contribution in [0.2, 0.25) is 0 Å². The summed E-state index contributed by atoms with van der Waals surface area (Å²) >= 11 is 5.86. The third kappa shape index (κ3) is 5.21. The molecule has 1 aliphatic carbocycles. The Kier molecular flexibility index (Phi) is 7.37. The Labute approximate surface area is 180 Å². The lowest BCUT2D eigenvalue weighted by atomic mass is 10.0. The van der Waals surface area contributed by atoms with Crippen LogP contribution in [0, 0.1) is 0 Å². The second-order valence-electron chi connectivity index (χ2n) is 7.93. The molecule has 1 saturated carbocycles. The average molecular weight is 413 g/mol. The first-order chi connectivity index (χ1) is 14.0. The van der Waals surface area contributed by atoms with Crippen LogP contribution >= 0.6 is 12.2 Å². The largest absolute Gasteiger partial charge is 0.493 e. The molecule has 0 radical (unpaired) electrons. The summed E-state index contributed by atoms with van der Waals surface area (Å²) in [6.45, 7) is 5.10. The van der Waals surface area contributed by atoms with Gasteiger partial charge in [-0.3, -0.25) is 0 Å². The quantitative estimate of drug-likeness (QED) is 0.567. The van der Waals surface area contributed by atoms with Crippen LogP contribution in [0.5, 0.6) is 11.5 Å². The summed E-state index contributed by atoms with van der Waals surface area (Å²) < 4.78 is 11.1. The van der Waals surface area contributed by atoms with E-state index in [0.717, 1.165) is 27.9 Å². The van der Waals surface area contributed by atoms with Crippen molar-refractivity contribution in [1.29, 1.82) is 0 Å². The maximum Gasteiger partial charge on any atom is 0.173 e. The zero-order valence-corrected chi connectivity index (χ0v) is 18.7. The number of hydrogen-bond donors (Lipinski definition) is 1. The van der Waals surface area contributed by atoms with E-state index in [4.69, 9.17) is 21.7 Å². The lowest BCUT2D eigenvalue weighted by molar-refractivity contribution is 0.300. The van der Waals surface area contributed by atoms with E-state index >= 15 is 0 Å². The molecule has 5 heteroatoms. The summed E-state index contributed by atoms with van der Waals surface area (Å²) in [5.41, 5.74) is 3.44. The highest BCUT2D eigenvalue weighted by Crippen LogP contribution is 2.34. The Morgan fingerprint density at radius 2 is 1.76 bits per heavy atom. The first kappa shape index (κ1) is 21.4. The van der Waals surface area contributed by atoms with Crippen LogP contribution in [-0.2, 0) is 6.54 Å². The van der Waals surface area contributed by atoms with Gasteiger partial charge in [0.1, 0.15) is 0 Å². The fraction of sp³-hybridized carbons (Fsp3) is 0.458. The summed E-state index contributed by atoms with van der Waals surface area (Å²) in [5.74, 6) is 2.05. The fourth-order valence-corrected chi connectivity index (χ4v) is 4.32. The van der Waals surface area contributed by atoms with Gasteiger partial charge < -0.3 is 19.7 Å². The van der Waals surface area contributed by atoms with E-state index in [-0.39, 0.29) is 0 Å². The molecule has 0 atom stereocenters. The molecule has 1 aliphatic rings. The third-order valence-electron chi connectivity index (χ3n) is 5.68. The average Bonchev–Trinajstić information content (AvgIpc) is 3.26. The van der Waals surface area contributed by atoms with Crippen LogP contribution in [0.4, 0.5) is 5.69 Å². The summed E-state index contributed by atoms with van der Waals surface area (Å²) in [6, 6.07) is 15.0. The number of para-hydroxylation sites is 1. The van der Waals surface area contributed by atoms with E-state index < -0.39 is 0 Å². The van der Waals surface area contributed by atoms with Crippen molar-refractivity contribution in [2.24, 2.45) is 0 Å². The zero-order valence-electron chi connectivity index (χ0n) is 17.9. The Hall–Kier alpha value is -2.27. The maximum absolute atomic E-state index is 5.86. The van der Waals surface area contributed by atoms with E-state index in [2.05, 4.69) is 54.4 Å². The number of methoxy groups -OCH3 is 2. The number of nitrogens with zero attached hydrogens (tertiary/aromatic N) is 1. The van der Waals surface area contributed by atoms with E-state index in [1.807, 2.05) is 12.1 Å². The molecular weight excluding hydrogens is 380 g/mol. The molecule has 0 unspecified atom stereocenters. The van der Waals surface area contributed by atoms with Crippen molar-refractivity contribution in [1.82, 2.24) is 4.90 Å². The first-order valence-corrected chi connectivity index (χ1v) is 10.8. The number of ether oxygens (including phenoxy) is 2. The highest BCUT2D eigenvalue weighted by atomic mass is 32.1. The van der Waals surface area contributed by atoms with Crippen LogP contribution in [-0.4, -0.2) is 30.3 Å². The number of thiocarbonyl (C=S) groups is 1. The molecule has 0 aromatic heterocycles. The SMILES string of the molecule is COc1cccc(CN(C(=S)Nc2ccc(C(C)C)cc2)C2CCCC2)c1OC. The highest BCUT2D eigenvalue weighted by Gasteiger charge is 2.26. The minimum atomic E-state index is 0.445. The molecule has 3 rings (SSSR count). The summed E-state index contributed by atoms with van der Waals surface area (Å²) in [4.78, 5) is 2.32. The van der Waals surface area contributed by atoms with Gasteiger partial charge in [0, 0.05) is 23.8 Å². The molecule has 0 aliphatic heterocycles. The molecule has 29 heavy (non-hydrogen) atoms. The van der Waals surface area contributed by atoms with E-state index in [1.54, 1.807) is 14.2 Å². The van der Waals surface area contributed by atoms with Gasteiger partial charge in [-0.1, -0.05) is 51.0 Å². The molecule has 156 valence electrons. The monoisotopic (exact) mass is 412 g/mol. The van der Waals surface area contributed by atoms with Gasteiger partial charge in [0.05, 0.1) is 14.2 Å². The van der Waals surface area contributed by atoms with Crippen molar-refractivity contribution in [2.75, 3.05) is 19.5 Å². The Morgan fingerprint density at radius 3 is 2.34 bits per heavy atom. The molecule has 0 saturated heterocycles. The van der Waals surface area contributed by atoms with Crippen LogP contribution in [0.25, 0.3) is 0 Å². The van der Waals surface area contributed by atoms with Crippen LogP contribution < -0.4 is 14.8 Å². The molecule has 0 spiro atoms. The van der Waals surface area contributed by atoms with Crippen LogP contribution in [0.3, 0.4) is 0 Å². The van der Waals surface area contributed by atoms with Crippen molar-refractivity contribution in [3.63, 3.8) is 0 Å². The van der Waals surface area contributed by atoms with Crippen LogP contribution in [0.15, 0.2) is 42.5 Å². The van der Waals surface area contributed by atoms with Gasteiger partial charge in [0.15, 0.2) is 16.6 Å². The predicted molar refractivity (Wildman–Crippen MR) is 124 cm³/mol. The smallest absolute Gasteiger partial charge is 0.173 e. The topological polar surface area (TPSA) is 33.7 Å². The van der Waals surface area contributed by atoms with Crippen molar-refractivity contribution >= 4 is 23.0 Å². The van der Waals surface area contributed by atoms with E-state index in [1.165, 1.54) is 31.2 Å². The van der Waals surface area contributed by atoms with E-state index in [9.17, 15) is 0 Å². The maximum atomic E-state index is 5.86. The minimum Gasteiger partial charge on any atom is -0.493 e.